The highest BCUT2D eigenvalue weighted by molar-refractivity contribution is 7.76. The van der Waals surface area contributed by atoms with E-state index in [2.05, 4.69) is 64.1 Å². The Morgan fingerprint density at radius 2 is 0.700 bits per heavy atom. The van der Waals surface area contributed by atoms with Crippen LogP contribution < -0.4 is 21.2 Å². The summed E-state index contributed by atoms with van der Waals surface area (Å²) in [6, 6.07) is 23.1. The van der Waals surface area contributed by atoms with Crippen LogP contribution in [0.5, 0.6) is 0 Å². The van der Waals surface area contributed by atoms with Crippen molar-refractivity contribution in [2.24, 2.45) is 0 Å². The summed E-state index contributed by atoms with van der Waals surface area (Å²) in [5.41, 5.74) is 3.12. The molecule has 0 atom stereocenters. The van der Waals surface area contributed by atoms with E-state index in [-0.39, 0.29) is 0 Å². The van der Waals surface area contributed by atoms with Crippen LogP contribution in [0.25, 0.3) is 0 Å². The van der Waals surface area contributed by atoms with E-state index in [0.717, 1.165) is 52.7 Å². The van der Waals surface area contributed by atoms with E-state index in [9.17, 15) is 26.3 Å². The van der Waals surface area contributed by atoms with Gasteiger partial charge < -0.3 is 0 Å². The Hall–Kier alpha value is -2.68. The molecule has 0 spiro atoms. The first-order valence-corrected chi connectivity index (χ1v) is 15.8. The zero-order chi connectivity index (χ0) is 29.2. The quantitative estimate of drug-likeness (QED) is 0.150. The number of aryl methyl sites for hydroxylation is 4. The van der Waals surface area contributed by atoms with E-state index in [1.54, 1.807) is 0 Å². The van der Waals surface area contributed by atoms with Crippen LogP contribution in [-0.2, 0) is 12.4 Å². The molecule has 0 saturated heterocycles. The lowest BCUT2D eigenvalue weighted by Gasteiger charge is -2.25. The summed E-state index contributed by atoms with van der Waals surface area (Å²) in [6.45, 7) is 8.23. The fraction of sp³-hybridized carbons (Fsp3) is 0.250. The molecule has 40 heavy (non-hydrogen) atoms. The summed E-state index contributed by atoms with van der Waals surface area (Å²) < 4.78 is 79.6. The fourth-order valence-electron chi connectivity index (χ4n) is 4.89. The Bertz CT molecular complexity index is 1310. The third kappa shape index (κ3) is 7.53. The van der Waals surface area contributed by atoms with Gasteiger partial charge in [-0.05, 0) is 101 Å². The number of benzene rings is 4. The van der Waals surface area contributed by atoms with Gasteiger partial charge in [-0.15, -0.1) is 0 Å². The molecule has 0 bridgehead atoms. The van der Waals surface area contributed by atoms with Crippen molar-refractivity contribution in [3.8, 4) is 0 Å². The molecule has 0 radical (unpaired) electrons. The van der Waals surface area contributed by atoms with Crippen LogP contribution in [0, 0.1) is 27.7 Å². The summed E-state index contributed by atoms with van der Waals surface area (Å²) in [6.07, 6.45) is -7.56. The van der Waals surface area contributed by atoms with Gasteiger partial charge in [0, 0.05) is 0 Å². The highest BCUT2D eigenvalue weighted by Gasteiger charge is 2.32. The molecule has 210 valence electrons. The van der Waals surface area contributed by atoms with Gasteiger partial charge in [-0.2, -0.15) is 26.3 Å². The van der Waals surface area contributed by atoms with Gasteiger partial charge in [-0.1, -0.05) is 82.9 Å². The Labute approximate surface area is 234 Å². The second-order valence-electron chi connectivity index (χ2n) is 10.1. The second kappa shape index (κ2) is 12.0. The Morgan fingerprint density at radius 1 is 0.425 bits per heavy atom. The third-order valence-electron chi connectivity index (χ3n) is 6.60. The molecule has 4 aromatic carbocycles. The average molecular weight is 591 g/mol. The summed E-state index contributed by atoms with van der Waals surface area (Å²) in [4.78, 5) is 0. The van der Waals surface area contributed by atoms with Crippen LogP contribution in [0.4, 0.5) is 26.3 Å². The molecular weight excluding hydrogens is 560 g/mol. The number of alkyl halides is 6. The first-order chi connectivity index (χ1) is 18.7. The minimum atomic E-state index is -4.46. The average Bonchev–Trinajstić information content (AvgIpc) is 2.85. The van der Waals surface area contributed by atoms with E-state index in [4.69, 9.17) is 0 Å². The van der Waals surface area contributed by atoms with Crippen molar-refractivity contribution in [3.05, 3.63) is 118 Å². The Kier molecular flexibility index (Phi) is 9.12. The monoisotopic (exact) mass is 590 g/mol. The minimum Gasteiger partial charge on any atom is -0.166 e. The molecule has 4 aromatic rings. The van der Waals surface area contributed by atoms with Crippen molar-refractivity contribution < 1.29 is 26.3 Å². The van der Waals surface area contributed by atoms with Crippen LogP contribution in [0.1, 0.15) is 33.4 Å². The molecule has 0 aliphatic heterocycles. The van der Waals surface area contributed by atoms with Crippen molar-refractivity contribution in [1.82, 2.24) is 0 Å². The Morgan fingerprint density at radius 3 is 0.975 bits per heavy atom. The van der Waals surface area contributed by atoms with Crippen molar-refractivity contribution in [1.29, 1.82) is 0 Å². The summed E-state index contributed by atoms with van der Waals surface area (Å²) in [5, 5.41) is 3.84. The highest BCUT2D eigenvalue weighted by atomic mass is 31.1. The molecule has 0 fully saturated rings. The van der Waals surface area contributed by atoms with Gasteiger partial charge in [0.2, 0.25) is 0 Å². The van der Waals surface area contributed by atoms with E-state index in [1.165, 1.54) is 34.9 Å². The van der Waals surface area contributed by atoms with Crippen molar-refractivity contribution in [3.63, 3.8) is 0 Å². The molecule has 0 unspecified atom stereocenters. The number of hydrogen-bond donors (Lipinski definition) is 0. The normalized spacial score (nSPS) is 12.4. The van der Waals surface area contributed by atoms with Gasteiger partial charge in [0.25, 0.3) is 0 Å². The maximum Gasteiger partial charge on any atom is 0.416 e. The second-order valence-corrected chi connectivity index (χ2v) is 14.8. The molecule has 0 aliphatic rings. The van der Waals surface area contributed by atoms with Gasteiger partial charge in [0.05, 0.1) is 11.1 Å². The van der Waals surface area contributed by atoms with Crippen LogP contribution >= 0.6 is 15.8 Å². The maximum atomic E-state index is 13.3. The molecule has 0 amide bonds. The van der Waals surface area contributed by atoms with E-state index >= 15 is 0 Å². The predicted octanol–water partition coefficient (Wildman–Crippen LogP) is 8.52. The molecule has 0 aromatic heterocycles. The lowest BCUT2D eigenvalue weighted by Crippen LogP contribution is -2.21. The molecule has 0 heterocycles. The van der Waals surface area contributed by atoms with Crippen molar-refractivity contribution >= 4 is 37.1 Å². The minimum absolute atomic E-state index is 0.623. The maximum absolute atomic E-state index is 13.3. The summed E-state index contributed by atoms with van der Waals surface area (Å²) in [7, 11) is -2.03. The topological polar surface area (TPSA) is 0 Å². The molecular formula is C32H30F6P2. The molecule has 8 heteroatoms. The van der Waals surface area contributed by atoms with Crippen LogP contribution in [0.2, 0.25) is 0 Å². The summed E-state index contributed by atoms with van der Waals surface area (Å²) in [5.74, 6) is 0. The zero-order valence-electron chi connectivity index (χ0n) is 22.7. The third-order valence-corrected chi connectivity index (χ3v) is 11.9. The number of rotatable bonds is 7. The SMILES string of the molecule is Cc1cc(C)cc(P(CCP(c2ccc(C(F)(F)F)cc2)c2ccc(C(F)(F)F)cc2)c2cc(C)cc(C)c2)c1. The molecule has 0 nitrogen and oxygen atoms in total. The van der Waals surface area contributed by atoms with Gasteiger partial charge in [-0.25, -0.2) is 0 Å². The zero-order valence-corrected chi connectivity index (χ0v) is 24.4. The molecule has 0 saturated carbocycles. The fourth-order valence-corrected chi connectivity index (χ4v) is 10.6. The van der Waals surface area contributed by atoms with Crippen LogP contribution in [-0.4, -0.2) is 12.3 Å². The smallest absolute Gasteiger partial charge is 0.166 e. The van der Waals surface area contributed by atoms with Gasteiger partial charge in [0.1, 0.15) is 0 Å². The lowest BCUT2D eigenvalue weighted by atomic mass is 10.2. The predicted molar refractivity (Wildman–Crippen MR) is 157 cm³/mol. The number of halogens is 6. The largest absolute Gasteiger partial charge is 0.416 e. The highest BCUT2D eigenvalue weighted by Crippen LogP contribution is 2.43. The van der Waals surface area contributed by atoms with Gasteiger partial charge >= 0.3 is 12.4 Å². The van der Waals surface area contributed by atoms with Crippen LogP contribution in [0.15, 0.2) is 84.9 Å². The first-order valence-electron chi connectivity index (χ1n) is 12.8. The standard InChI is InChI=1S/C32H30F6P2/c1-21-15-22(2)18-29(17-21)40(30-19-23(3)16-24(4)20-30)14-13-39(27-9-5-25(6-10-27)31(33,34)35)28-11-7-26(8-12-28)32(36,37)38/h5-12,15-20H,13-14H2,1-4H3. The van der Waals surface area contributed by atoms with Gasteiger partial charge in [0.15, 0.2) is 0 Å². The van der Waals surface area contributed by atoms with Crippen molar-refractivity contribution in [2.75, 3.05) is 12.3 Å². The first kappa shape index (κ1) is 30.3. The molecule has 0 N–H and O–H groups in total. The number of hydrogen-bond acceptors (Lipinski definition) is 0. The van der Waals surface area contributed by atoms with Crippen molar-refractivity contribution in [2.45, 2.75) is 40.0 Å². The van der Waals surface area contributed by atoms with E-state index < -0.39 is 39.3 Å². The molecule has 0 aliphatic carbocycles. The Balaban J connectivity index is 1.75. The van der Waals surface area contributed by atoms with E-state index in [1.807, 2.05) is 0 Å². The molecule has 4 rings (SSSR count). The lowest BCUT2D eigenvalue weighted by molar-refractivity contribution is -0.138. The van der Waals surface area contributed by atoms with Crippen LogP contribution in [0.3, 0.4) is 0 Å². The van der Waals surface area contributed by atoms with Gasteiger partial charge in [-0.3, -0.25) is 0 Å². The summed E-state index contributed by atoms with van der Waals surface area (Å²) >= 11 is 0. The van der Waals surface area contributed by atoms with E-state index in [0.29, 0.717) is 16.8 Å².